The van der Waals surface area contributed by atoms with Gasteiger partial charge in [-0.1, -0.05) is 23.4 Å². The minimum atomic E-state index is 0.425. The maximum Gasteiger partial charge on any atom is 0.150 e. The molecule has 0 aliphatic carbocycles. The number of aromatic nitrogens is 1. The largest absolute Gasteiger partial charge is 0.493 e. The summed E-state index contributed by atoms with van der Waals surface area (Å²) < 4.78 is 10.6. The van der Waals surface area contributed by atoms with Gasteiger partial charge in [0.1, 0.15) is 11.5 Å². The number of hydrogen-bond donors (Lipinski definition) is 1. The molecule has 3 rings (SSSR count). The molecule has 1 atom stereocenters. The summed E-state index contributed by atoms with van der Waals surface area (Å²) >= 11 is 0. The predicted octanol–water partition coefficient (Wildman–Crippen LogP) is 1.94. The van der Waals surface area contributed by atoms with Gasteiger partial charge in [-0.3, -0.25) is 0 Å². The van der Waals surface area contributed by atoms with Crippen LogP contribution in [0.25, 0.3) is 0 Å². The van der Waals surface area contributed by atoms with Crippen LogP contribution in [-0.4, -0.2) is 18.3 Å². The number of hydrogen-bond acceptors (Lipinski definition) is 4. The molecule has 1 aromatic carbocycles. The van der Waals surface area contributed by atoms with Crippen LogP contribution >= 0.6 is 0 Å². The lowest BCUT2D eigenvalue weighted by Crippen LogP contribution is -2.21. The molecule has 1 N–H and O–H groups in total. The van der Waals surface area contributed by atoms with Crippen molar-refractivity contribution in [2.75, 3.05) is 13.2 Å². The fraction of sp³-hybridized carbons (Fsp3) is 0.308. The van der Waals surface area contributed by atoms with Gasteiger partial charge in [0.25, 0.3) is 0 Å². The average Bonchev–Trinajstić information content (AvgIpc) is 2.99. The normalized spacial score (nSPS) is 17.8. The van der Waals surface area contributed by atoms with Gasteiger partial charge in [0, 0.05) is 24.1 Å². The van der Waals surface area contributed by atoms with Crippen LogP contribution in [0.4, 0.5) is 0 Å². The zero-order valence-electron chi connectivity index (χ0n) is 9.43. The van der Waals surface area contributed by atoms with Gasteiger partial charge < -0.3 is 14.6 Å². The van der Waals surface area contributed by atoms with Crippen molar-refractivity contribution < 1.29 is 9.26 Å². The minimum Gasteiger partial charge on any atom is -0.493 e. The molecule has 2 heterocycles. The molecule has 0 radical (unpaired) electrons. The summed E-state index contributed by atoms with van der Waals surface area (Å²) in [7, 11) is 0. The number of nitrogens with zero attached hydrogens (tertiary/aromatic N) is 1. The van der Waals surface area contributed by atoms with E-state index in [1.807, 2.05) is 18.2 Å². The van der Waals surface area contributed by atoms with Gasteiger partial charge in [-0.25, -0.2) is 0 Å². The van der Waals surface area contributed by atoms with Crippen LogP contribution in [0, 0.1) is 0 Å². The quantitative estimate of drug-likeness (QED) is 0.872. The van der Waals surface area contributed by atoms with Gasteiger partial charge >= 0.3 is 0 Å². The maximum absolute atomic E-state index is 5.62. The highest BCUT2D eigenvalue weighted by atomic mass is 16.5. The Labute approximate surface area is 99.6 Å². The van der Waals surface area contributed by atoms with E-state index in [1.54, 1.807) is 6.20 Å². The van der Waals surface area contributed by atoms with Gasteiger partial charge in [-0.05, 0) is 6.07 Å². The SMILES string of the molecule is c1ccc2c(c1)OCC2CNCc1ccno1. The lowest BCUT2D eigenvalue weighted by atomic mass is 10.0. The van der Waals surface area contributed by atoms with E-state index in [4.69, 9.17) is 9.26 Å². The van der Waals surface area contributed by atoms with Gasteiger partial charge in [0.2, 0.25) is 0 Å². The van der Waals surface area contributed by atoms with Crippen LogP contribution in [0.1, 0.15) is 17.2 Å². The summed E-state index contributed by atoms with van der Waals surface area (Å²) in [6.07, 6.45) is 1.66. The molecule has 1 aliphatic rings. The summed E-state index contributed by atoms with van der Waals surface area (Å²) in [5, 5.41) is 7.03. The highest BCUT2D eigenvalue weighted by molar-refractivity contribution is 5.39. The summed E-state index contributed by atoms with van der Waals surface area (Å²) in [6.45, 7) is 2.35. The molecule has 88 valence electrons. The zero-order valence-corrected chi connectivity index (χ0v) is 9.43. The lowest BCUT2D eigenvalue weighted by Gasteiger charge is -2.08. The number of para-hydroxylation sites is 1. The summed E-state index contributed by atoms with van der Waals surface area (Å²) in [4.78, 5) is 0. The van der Waals surface area contributed by atoms with Crippen LogP contribution in [0.3, 0.4) is 0 Å². The number of rotatable bonds is 4. The molecule has 1 aliphatic heterocycles. The van der Waals surface area contributed by atoms with E-state index in [2.05, 4.69) is 22.6 Å². The Morgan fingerprint density at radius 3 is 3.12 bits per heavy atom. The molecule has 1 aromatic heterocycles. The topological polar surface area (TPSA) is 47.3 Å². The second-order valence-electron chi connectivity index (χ2n) is 4.16. The van der Waals surface area contributed by atoms with Gasteiger partial charge in [0.15, 0.2) is 0 Å². The first-order chi connectivity index (χ1) is 8.43. The smallest absolute Gasteiger partial charge is 0.150 e. The predicted molar refractivity (Wildman–Crippen MR) is 62.9 cm³/mol. The van der Waals surface area contributed by atoms with Crippen molar-refractivity contribution in [1.82, 2.24) is 10.5 Å². The van der Waals surface area contributed by atoms with Crippen LogP contribution in [0.15, 0.2) is 41.1 Å². The van der Waals surface area contributed by atoms with Crippen molar-refractivity contribution >= 4 is 0 Å². The Kier molecular flexibility index (Phi) is 2.80. The first-order valence-electron chi connectivity index (χ1n) is 5.75. The van der Waals surface area contributed by atoms with Crippen LogP contribution in [0.2, 0.25) is 0 Å². The van der Waals surface area contributed by atoms with Crippen LogP contribution in [0.5, 0.6) is 5.75 Å². The fourth-order valence-corrected chi connectivity index (χ4v) is 2.10. The zero-order chi connectivity index (χ0) is 11.5. The molecule has 1 unspecified atom stereocenters. The molecule has 0 spiro atoms. The van der Waals surface area contributed by atoms with Gasteiger partial charge in [-0.15, -0.1) is 0 Å². The molecule has 0 amide bonds. The minimum absolute atomic E-state index is 0.425. The van der Waals surface area contributed by atoms with E-state index < -0.39 is 0 Å². The highest BCUT2D eigenvalue weighted by Gasteiger charge is 2.22. The number of nitrogens with one attached hydrogen (secondary N) is 1. The van der Waals surface area contributed by atoms with Crippen molar-refractivity contribution in [3.63, 3.8) is 0 Å². The Hall–Kier alpha value is -1.81. The molecule has 0 fully saturated rings. The molecule has 2 aromatic rings. The number of ether oxygens (including phenoxy) is 1. The van der Waals surface area contributed by atoms with Crippen molar-refractivity contribution in [2.24, 2.45) is 0 Å². The van der Waals surface area contributed by atoms with Crippen LogP contribution in [-0.2, 0) is 6.54 Å². The van der Waals surface area contributed by atoms with E-state index in [-0.39, 0.29) is 0 Å². The van der Waals surface area contributed by atoms with Crippen LogP contribution < -0.4 is 10.1 Å². The molecule has 17 heavy (non-hydrogen) atoms. The maximum atomic E-state index is 5.62. The molecular formula is C13H14N2O2. The Balaban J connectivity index is 1.57. The summed E-state index contributed by atoms with van der Waals surface area (Å²) in [6, 6.07) is 10.1. The standard InChI is InChI=1S/C13H14N2O2/c1-2-4-13-12(3-1)10(9-16-13)7-14-8-11-5-6-15-17-11/h1-6,10,14H,7-9H2. The van der Waals surface area contributed by atoms with Gasteiger partial charge in [0.05, 0.1) is 19.3 Å². The van der Waals surface area contributed by atoms with Crippen molar-refractivity contribution in [3.8, 4) is 5.75 Å². The second-order valence-corrected chi connectivity index (χ2v) is 4.16. The van der Waals surface area contributed by atoms with E-state index in [0.717, 1.165) is 24.7 Å². The summed E-state index contributed by atoms with van der Waals surface area (Å²) in [5.74, 6) is 2.30. The third kappa shape index (κ3) is 2.17. The van der Waals surface area contributed by atoms with E-state index in [9.17, 15) is 0 Å². The average molecular weight is 230 g/mol. The molecular weight excluding hydrogens is 216 g/mol. The Bertz CT molecular complexity index is 482. The molecule has 4 heteroatoms. The lowest BCUT2D eigenvalue weighted by molar-refractivity contribution is 0.322. The van der Waals surface area contributed by atoms with Gasteiger partial charge in [-0.2, -0.15) is 0 Å². The molecule has 0 saturated carbocycles. The Morgan fingerprint density at radius 2 is 2.24 bits per heavy atom. The fourth-order valence-electron chi connectivity index (χ4n) is 2.10. The third-order valence-corrected chi connectivity index (χ3v) is 2.98. The molecule has 4 nitrogen and oxygen atoms in total. The number of fused-ring (bicyclic) bond motifs is 1. The summed E-state index contributed by atoms with van der Waals surface area (Å²) in [5.41, 5.74) is 1.29. The first kappa shape index (κ1) is 10.4. The monoisotopic (exact) mass is 230 g/mol. The second kappa shape index (κ2) is 4.59. The van der Waals surface area contributed by atoms with E-state index in [1.165, 1.54) is 5.56 Å². The highest BCUT2D eigenvalue weighted by Crippen LogP contribution is 2.32. The Morgan fingerprint density at radius 1 is 1.29 bits per heavy atom. The van der Waals surface area contributed by atoms with Crippen molar-refractivity contribution in [3.05, 3.63) is 47.9 Å². The van der Waals surface area contributed by atoms with Crippen molar-refractivity contribution in [1.29, 1.82) is 0 Å². The molecule has 0 saturated heterocycles. The van der Waals surface area contributed by atoms with Crippen molar-refractivity contribution in [2.45, 2.75) is 12.5 Å². The third-order valence-electron chi connectivity index (χ3n) is 2.98. The van der Waals surface area contributed by atoms with E-state index >= 15 is 0 Å². The first-order valence-corrected chi connectivity index (χ1v) is 5.75. The molecule has 0 bridgehead atoms. The van der Waals surface area contributed by atoms with E-state index in [0.29, 0.717) is 12.5 Å². The number of benzene rings is 1.